The molecule has 0 spiro atoms. The molecule has 1 fully saturated rings. The van der Waals surface area contributed by atoms with Gasteiger partial charge < -0.3 is 4.90 Å². The van der Waals surface area contributed by atoms with Crippen LogP contribution in [-0.2, 0) is 10.0 Å². The quantitative estimate of drug-likeness (QED) is 0.627. The van der Waals surface area contributed by atoms with Crippen LogP contribution in [0.1, 0.15) is 19.3 Å². The van der Waals surface area contributed by atoms with Crippen molar-refractivity contribution in [1.82, 2.24) is 0 Å². The first-order chi connectivity index (χ1) is 9.80. The van der Waals surface area contributed by atoms with Crippen LogP contribution in [0.25, 0.3) is 0 Å². The SMILES string of the molecule is CN(c1cc(N2CCCCC2)ccc1[N+](=O)[O-])S(C)(=O)=O. The van der Waals surface area contributed by atoms with Gasteiger partial charge in [0, 0.05) is 31.9 Å². The Kier molecular flexibility index (Phi) is 4.36. The van der Waals surface area contributed by atoms with E-state index in [1.54, 1.807) is 12.1 Å². The third-order valence-electron chi connectivity index (χ3n) is 3.71. The van der Waals surface area contributed by atoms with Gasteiger partial charge in [0.05, 0.1) is 11.2 Å². The molecule has 0 bridgehead atoms. The molecule has 0 saturated carbocycles. The summed E-state index contributed by atoms with van der Waals surface area (Å²) >= 11 is 0. The van der Waals surface area contributed by atoms with Gasteiger partial charge in [-0.25, -0.2) is 8.42 Å². The number of hydrogen-bond acceptors (Lipinski definition) is 5. The van der Waals surface area contributed by atoms with Gasteiger partial charge in [-0.05, 0) is 31.4 Å². The molecule has 1 aromatic carbocycles. The maximum absolute atomic E-state index is 11.7. The van der Waals surface area contributed by atoms with Crippen LogP contribution in [0.15, 0.2) is 18.2 Å². The van der Waals surface area contributed by atoms with Crippen molar-refractivity contribution in [1.29, 1.82) is 0 Å². The number of nitro groups is 1. The van der Waals surface area contributed by atoms with Crippen LogP contribution in [0.4, 0.5) is 17.1 Å². The number of rotatable bonds is 4. The number of anilines is 2. The molecule has 0 N–H and O–H groups in total. The lowest BCUT2D eigenvalue weighted by atomic mass is 10.1. The number of benzene rings is 1. The Morgan fingerprint density at radius 2 is 1.86 bits per heavy atom. The Hall–Kier alpha value is -1.83. The summed E-state index contributed by atoms with van der Waals surface area (Å²) in [6.45, 7) is 1.78. The van der Waals surface area contributed by atoms with Gasteiger partial charge in [-0.3, -0.25) is 14.4 Å². The molecule has 21 heavy (non-hydrogen) atoms. The fraction of sp³-hybridized carbons (Fsp3) is 0.538. The predicted octanol–water partition coefficient (Wildman–Crippen LogP) is 1.98. The minimum Gasteiger partial charge on any atom is -0.371 e. The molecule has 0 aromatic heterocycles. The molecule has 7 nitrogen and oxygen atoms in total. The minimum absolute atomic E-state index is 0.102. The largest absolute Gasteiger partial charge is 0.371 e. The van der Waals surface area contributed by atoms with E-state index in [0.29, 0.717) is 0 Å². The summed E-state index contributed by atoms with van der Waals surface area (Å²) in [5.41, 5.74) is 0.722. The van der Waals surface area contributed by atoms with E-state index < -0.39 is 14.9 Å². The predicted molar refractivity (Wildman–Crippen MR) is 82.4 cm³/mol. The van der Waals surface area contributed by atoms with Gasteiger partial charge in [-0.15, -0.1) is 0 Å². The Morgan fingerprint density at radius 3 is 2.38 bits per heavy atom. The summed E-state index contributed by atoms with van der Waals surface area (Å²) in [5.74, 6) is 0. The van der Waals surface area contributed by atoms with Gasteiger partial charge >= 0.3 is 0 Å². The van der Waals surface area contributed by atoms with Crippen molar-refractivity contribution in [3.63, 3.8) is 0 Å². The molecular weight excluding hydrogens is 294 g/mol. The average Bonchev–Trinajstić information content (AvgIpc) is 2.45. The van der Waals surface area contributed by atoms with Crippen molar-refractivity contribution in [2.24, 2.45) is 0 Å². The smallest absolute Gasteiger partial charge is 0.293 e. The minimum atomic E-state index is -3.55. The second-order valence-corrected chi connectivity index (χ2v) is 7.22. The van der Waals surface area contributed by atoms with Crippen LogP contribution in [0, 0.1) is 10.1 Å². The molecule has 0 aliphatic carbocycles. The van der Waals surface area contributed by atoms with E-state index in [9.17, 15) is 18.5 Å². The average molecular weight is 313 g/mol. The summed E-state index contributed by atoms with van der Waals surface area (Å²) in [7, 11) is -2.22. The van der Waals surface area contributed by atoms with Crippen LogP contribution in [0.3, 0.4) is 0 Å². The third kappa shape index (κ3) is 3.44. The van der Waals surface area contributed by atoms with E-state index in [-0.39, 0.29) is 11.4 Å². The number of nitro benzene ring substituents is 1. The van der Waals surface area contributed by atoms with Crippen LogP contribution < -0.4 is 9.21 Å². The zero-order valence-electron chi connectivity index (χ0n) is 12.2. The van der Waals surface area contributed by atoms with Gasteiger partial charge in [0.15, 0.2) is 0 Å². The second kappa shape index (κ2) is 5.88. The fourth-order valence-electron chi connectivity index (χ4n) is 2.45. The summed E-state index contributed by atoms with van der Waals surface area (Å²) < 4.78 is 24.3. The van der Waals surface area contributed by atoms with Gasteiger partial charge in [0.1, 0.15) is 5.69 Å². The zero-order valence-corrected chi connectivity index (χ0v) is 13.0. The summed E-state index contributed by atoms with van der Waals surface area (Å²) in [6.07, 6.45) is 4.37. The maximum Gasteiger partial charge on any atom is 0.293 e. The third-order valence-corrected chi connectivity index (χ3v) is 4.91. The van der Waals surface area contributed by atoms with Crippen LogP contribution >= 0.6 is 0 Å². The van der Waals surface area contributed by atoms with Crippen molar-refractivity contribution in [3.8, 4) is 0 Å². The summed E-state index contributed by atoms with van der Waals surface area (Å²) in [6, 6.07) is 4.65. The molecule has 2 rings (SSSR count). The summed E-state index contributed by atoms with van der Waals surface area (Å²) in [5, 5.41) is 11.1. The first-order valence-electron chi connectivity index (χ1n) is 6.78. The molecule has 0 atom stereocenters. The first-order valence-corrected chi connectivity index (χ1v) is 8.63. The Morgan fingerprint density at radius 1 is 1.24 bits per heavy atom. The highest BCUT2D eigenvalue weighted by atomic mass is 32.2. The number of nitrogens with zero attached hydrogens (tertiary/aromatic N) is 3. The highest BCUT2D eigenvalue weighted by molar-refractivity contribution is 7.92. The van der Waals surface area contributed by atoms with E-state index in [0.717, 1.165) is 42.2 Å². The van der Waals surface area contributed by atoms with Crippen LogP contribution in [-0.4, -0.2) is 39.7 Å². The van der Waals surface area contributed by atoms with E-state index in [1.807, 2.05) is 0 Å². The van der Waals surface area contributed by atoms with Crippen LogP contribution in [0.5, 0.6) is 0 Å². The van der Waals surface area contributed by atoms with Gasteiger partial charge in [-0.2, -0.15) is 0 Å². The number of hydrogen-bond donors (Lipinski definition) is 0. The molecule has 1 aromatic rings. The molecule has 1 aliphatic rings. The van der Waals surface area contributed by atoms with Gasteiger partial charge in [0.2, 0.25) is 10.0 Å². The molecular formula is C13H19N3O4S. The van der Waals surface area contributed by atoms with Crippen LogP contribution in [0.2, 0.25) is 0 Å². The standard InChI is InChI=1S/C13H19N3O4S/c1-14(21(2,19)20)13-10-11(6-7-12(13)16(17)18)15-8-4-3-5-9-15/h6-7,10H,3-5,8-9H2,1-2H3. The molecule has 1 aliphatic heterocycles. The Balaban J connectivity index is 2.46. The van der Waals surface area contributed by atoms with Crippen molar-refractivity contribution in [2.45, 2.75) is 19.3 Å². The van der Waals surface area contributed by atoms with E-state index >= 15 is 0 Å². The van der Waals surface area contributed by atoms with Crippen molar-refractivity contribution in [2.75, 3.05) is 35.6 Å². The second-order valence-electron chi connectivity index (χ2n) is 5.21. The monoisotopic (exact) mass is 313 g/mol. The molecule has 0 radical (unpaired) electrons. The lowest BCUT2D eigenvalue weighted by molar-refractivity contribution is -0.384. The van der Waals surface area contributed by atoms with Gasteiger partial charge in [-0.1, -0.05) is 0 Å². The Labute approximate surface area is 124 Å². The molecule has 0 unspecified atom stereocenters. The summed E-state index contributed by atoms with van der Waals surface area (Å²) in [4.78, 5) is 12.7. The Bertz CT molecular complexity index is 639. The van der Waals surface area contributed by atoms with Crippen molar-refractivity contribution in [3.05, 3.63) is 28.3 Å². The number of piperidine rings is 1. The highest BCUT2D eigenvalue weighted by Crippen LogP contribution is 2.34. The van der Waals surface area contributed by atoms with Gasteiger partial charge in [0.25, 0.3) is 5.69 Å². The molecule has 116 valence electrons. The zero-order chi connectivity index (χ0) is 15.6. The lowest BCUT2D eigenvalue weighted by Gasteiger charge is -2.29. The first kappa shape index (κ1) is 15.6. The van der Waals surface area contributed by atoms with E-state index in [2.05, 4.69) is 4.90 Å². The van der Waals surface area contributed by atoms with Crippen molar-refractivity contribution >= 4 is 27.1 Å². The molecule has 1 heterocycles. The molecule has 1 saturated heterocycles. The lowest BCUT2D eigenvalue weighted by Crippen LogP contribution is -2.30. The molecule has 0 amide bonds. The maximum atomic E-state index is 11.7. The van der Waals surface area contributed by atoms with E-state index in [4.69, 9.17) is 0 Å². The van der Waals surface area contributed by atoms with Crippen molar-refractivity contribution < 1.29 is 13.3 Å². The molecule has 8 heteroatoms. The topological polar surface area (TPSA) is 83.8 Å². The highest BCUT2D eigenvalue weighted by Gasteiger charge is 2.24. The van der Waals surface area contributed by atoms with E-state index in [1.165, 1.54) is 19.5 Å². The number of sulfonamides is 1. The normalized spacial score (nSPS) is 15.8. The fourth-order valence-corrected chi connectivity index (χ4v) is 2.95.